The van der Waals surface area contributed by atoms with Crippen molar-refractivity contribution in [1.29, 1.82) is 0 Å². The molecule has 8 heteroatoms. The molecule has 1 fully saturated rings. The highest BCUT2D eigenvalue weighted by Gasteiger charge is 2.47. The first-order valence-corrected chi connectivity index (χ1v) is 13.8. The molecule has 196 valence electrons. The monoisotopic (exact) mass is 559 g/mol. The normalized spacial score (nSPS) is 23.2. The number of aryl methyl sites for hydroxylation is 2. The van der Waals surface area contributed by atoms with E-state index in [2.05, 4.69) is 45.0 Å². The molecule has 0 spiro atoms. The zero-order valence-electron chi connectivity index (χ0n) is 22.2. The summed E-state index contributed by atoms with van der Waals surface area (Å²) in [4.78, 5) is 30.8. The Kier molecular flexibility index (Phi) is 7.86. The van der Waals surface area contributed by atoms with Crippen molar-refractivity contribution in [2.45, 2.75) is 85.6 Å². The Morgan fingerprint density at radius 1 is 1.11 bits per heavy atom. The molecular weight excluding hydrogens is 522 g/mol. The van der Waals surface area contributed by atoms with Crippen LogP contribution < -0.4 is 20.3 Å². The van der Waals surface area contributed by atoms with E-state index in [1.54, 1.807) is 6.07 Å². The van der Waals surface area contributed by atoms with Crippen LogP contribution in [0.1, 0.15) is 79.2 Å². The van der Waals surface area contributed by atoms with E-state index < -0.39 is 5.79 Å². The van der Waals surface area contributed by atoms with Crippen LogP contribution >= 0.6 is 15.9 Å². The number of ether oxygens (including phenoxy) is 2. The minimum absolute atomic E-state index is 0.152. The van der Waals surface area contributed by atoms with Gasteiger partial charge in [-0.25, -0.2) is 0 Å². The number of nitrogens with one attached hydrogen (secondary N) is 2. The van der Waals surface area contributed by atoms with Crippen LogP contribution in [0.4, 0.5) is 0 Å². The van der Waals surface area contributed by atoms with Crippen LogP contribution in [-0.2, 0) is 6.54 Å². The number of aromatic nitrogens is 1. The van der Waals surface area contributed by atoms with E-state index in [1.165, 1.54) is 0 Å². The molecule has 4 rings (SSSR count). The van der Waals surface area contributed by atoms with Crippen molar-refractivity contribution in [3.8, 4) is 11.5 Å². The van der Waals surface area contributed by atoms with Crippen molar-refractivity contribution in [3.05, 3.63) is 54.9 Å². The van der Waals surface area contributed by atoms with Crippen LogP contribution in [0.25, 0.3) is 0 Å². The molecule has 1 aromatic carbocycles. The fourth-order valence-electron chi connectivity index (χ4n) is 5.82. The number of H-pyrrole nitrogens is 1. The number of fused-ring (bicyclic) bond motifs is 1. The number of halogens is 1. The van der Waals surface area contributed by atoms with Crippen molar-refractivity contribution >= 4 is 21.8 Å². The molecule has 2 heterocycles. The Bertz CT molecular complexity index is 1200. The largest absolute Gasteiger partial charge is 0.448 e. The Morgan fingerprint density at radius 3 is 2.36 bits per heavy atom. The summed E-state index contributed by atoms with van der Waals surface area (Å²) in [6.45, 7) is 14.4. The van der Waals surface area contributed by atoms with E-state index in [9.17, 15) is 9.59 Å². The molecule has 1 amide bonds. The summed E-state index contributed by atoms with van der Waals surface area (Å²) in [6.07, 6.45) is 4.35. The van der Waals surface area contributed by atoms with Crippen molar-refractivity contribution in [2.24, 2.45) is 5.92 Å². The predicted molar refractivity (Wildman–Crippen MR) is 145 cm³/mol. The summed E-state index contributed by atoms with van der Waals surface area (Å²) in [5.41, 5.74) is 3.27. The van der Waals surface area contributed by atoms with Crippen molar-refractivity contribution < 1.29 is 14.3 Å². The summed E-state index contributed by atoms with van der Waals surface area (Å²) < 4.78 is 13.6. The molecule has 7 nitrogen and oxygen atoms in total. The summed E-state index contributed by atoms with van der Waals surface area (Å²) in [6, 6.07) is 4.31. The Hall–Kier alpha value is -2.32. The lowest BCUT2D eigenvalue weighted by molar-refractivity contribution is -0.124. The maximum absolute atomic E-state index is 13.2. The van der Waals surface area contributed by atoms with E-state index in [-0.39, 0.29) is 23.9 Å². The molecule has 0 saturated heterocycles. The summed E-state index contributed by atoms with van der Waals surface area (Å²) in [5, 5.41) is 2.91. The standard InChI is InChI=1S/C28H38BrN3O4/c1-7-32(8-2)20-11-9-19(10-12-20)28(6)35-24-18(5)21(14-23(29)25(24)36-28)26(33)30-15-22-16(3)13-17(4)31-27(22)34/h13-14,19-20H,7-12,15H2,1-6H3,(H,30,33)(H,31,34)/t19-,20-,28?. The molecule has 1 unspecified atom stereocenters. The van der Waals surface area contributed by atoms with Gasteiger partial charge in [-0.2, -0.15) is 0 Å². The van der Waals surface area contributed by atoms with E-state index >= 15 is 0 Å². The van der Waals surface area contributed by atoms with E-state index in [0.29, 0.717) is 33.1 Å². The first kappa shape index (κ1) is 26.7. The highest BCUT2D eigenvalue weighted by molar-refractivity contribution is 9.10. The van der Waals surface area contributed by atoms with Crippen LogP contribution in [0.5, 0.6) is 11.5 Å². The van der Waals surface area contributed by atoms with Gasteiger partial charge in [0.25, 0.3) is 17.3 Å². The van der Waals surface area contributed by atoms with E-state index in [1.807, 2.05) is 33.8 Å². The van der Waals surface area contributed by atoms with Gasteiger partial charge in [-0.1, -0.05) is 13.8 Å². The first-order valence-electron chi connectivity index (χ1n) is 13.0. The number of carbonyl (C=O) groups excluding carboxylic acids is 1. The van der Waals surface area contributed by atoms with Gasteiger partial charge in [-0.05, 0) is 93.2 Å². The van der Waals surface area contributed by atoms with E-state index in [0.717, 1.165) is 55.6 Å². The lowest BCUT2D eigenvalue weighted by Gasteiger charge is -2.40. The molecule has 0 bridgehead atoms. The fraction of sp³-hybridized carbons (Fsp3) is 0.571. The second-order valence-electron chi connectivity index (χ2n) is 10.3. The van der Waals surface area contributed by atoms with Crippen LogP contribution in [0.15, 0.2) is 21.4 Å². The number of carbonyl (C=O) groups is 1. The zero-order valence-corrected chi connectivity index (χ0v) is 23.8. The van der Waals surface area contributed by atoms with Gasteiger partial charge in [0.1, 0.15) is 0 Å². The average molecular weight is 561 g/mol. The summed E-state index contributed by atoms with van der Waals surface area (Å²) >= 11 is 3.60. The molecule has 1 saturated carbocycles. The fourth-order valence-corrected chi connectivity index (χ4v) is 6.31. The van der Waals surface area contributed by atoms with Gasteiger partial charge in [-0.3, -0.25) is 9.59 Å². The molecule has 0 radical (unpaired) electrons. The van der Waals surface area contributed by atoms with Crippen molar-refractivity contribution in [3.63, 3.8) is 0 Å². The van der Waals surface area contributed by atoms with Gasteiger partial charge in [0.05, 0.1) is 4.47 Å². The zero-order chi connectivity index (χ0) is 26.2. The SMILES string of the molecule is CCN(CC)[C@H]1CC[C@H](C2(C)Oc3c(Br)cc(C(=O)NCc4c(C)cc(C)[nH]c4=O)c(C)c3O2)CC1. The van der Waals surface area contributed by atoms with Gasteiger partial charge in [0.2, 0.25) is 0 Å². The average Bonchev–Trinajstić information content (AvgIpc) is 3.21. The van der Waals surface area contributed by atoms with Crippen molar-refractivity contribution in [1.82, 2.24) is 15.2 Å². The van der Waals surface area contributed by atoms with Gasteiger partial charge >= 0.3 is 0 Å². The Balaban J connectivity index is 1.49. The molecule has 2 N–H and O–H groups in total. The third-order valence-electron chi connectivity index (χ3n) is 7.98. The van der Waals surface area contributed by atoms with Gasteiger partial charge in [-0.15, -0.1) is 0 Å². The van der Waals surface area contributed by atoms with Gasteiger partial charge in [0.15, 0.2) is 11.5 Å². The molecule has 1 atom stereocenters. The second kappa shape index (κ2) is 10.6. The number of hydrogen-bond acceptors (Lipinski definition) is 5. The van der Waals surface area contributed by atoms with Gasteiger partial charge in [0, 0.05) is 47.8 Å². The molecule has 36 heavy (non-hydrogen) atoms. The van der Waals surface area contributed by atoms with Crippen LogP contribution in [0.3, 0.4) is 0 Å². The summed E-state index contributed by atoms with van der Waals surface area (Å²) in [7, 11) is 0. The molecule has 1 aliphatic heterocycles. The molecular formula is C28H38BrN3O4. The third-order valence-corrected chi connectivity index (χ3v) is 8.57. The second-order valence-corrected chi connectivity index (χ2v) is 11.1. The lowest BCUT2D eigenvalue weighted by atomic mass is 9.80. The van der Waals surface area contributed by atoms with Crippen LogP contribution in [0.2, 0.25) is 0 Å². The number of pyridine rings is 1. The highest BCUT2D eigenvalue weighted by atomic mass is 79.9. The topological polar surface area (TPSA) is 83.7 Å². The van der Waals surface area contributed by atoms with Crippen LogP contribution in [0, 0.1) is 26.7 Å². The molecule has 2 aromatic rings. The maximum atomic E-state index is 13.2. The first-order chi connectivity index (χ1) is 17.1. The molecule has 1 aromatic heterocycles. The minimum atomic E-state index is -0.759. The number of rotatable bonds is 7. The Morgan fingerprint density at radius 2 is 1.75 bits per heavy atom. The van der Waals surface area contributed by atoms with E-state index in [4.69, 9.17) is 9.47 Å². The molecule has 1 aliphatic carbocycles. The van der Waals surface area contributed by atoms with Gasteiger partial charge < -0.3 is 24.7 Å². The molecule has 2 aliphatic rings. The lowest BCUT2D eigenvalue weighted by Crippen LogP contribution is -2.47. The number of aromatic amines is 1. The highest BCUT2D eigenvalue weighted by Crippen LogP contribution is 2.51. The smallest absolute Gasteiger partial charge is 0.253 e. The minimum Gasteiger partial charge on any atom is -0.448 e. The Labute approximate surface area is 222 Å². The number of nitrogens with zero attached hydrogens (tertiary/aromatic N) is 1. The third kappa shape index (κ3) is 5.07. The maximum Gasteiger partial charge on any atom is 0.253 e. The predicted octanol–water partition coefficient (Wildman–Crippen LogP) is 5.38. The number of benzene rings is 1. The van der Waals surface area contributed by atoms with Crippen molar-refractivity contribution in [2.75, 3.05) is 13.1 Å². The quantitative estimate of drug-likeness (QED) is 0.475. The van der Waals surface area contributed by atoms with Crippen LogP contribution in [-0.4, -0.2) is 40.7 Å². The number of amides is 1. The summed E-state index contributed by atoms with van der Waals surface area (Å²) in [5.74, 6) is 0.532. The number of hydrogen-bond donors (Lipinski definition) is 2.